The van der Waals surface area contributed by atoms with Crippen LogP contribution in [0.3, 0.4) is 0 Å². The standard InChI is InChI=1S/C22H21N3O5S/c1-13-5-7-15(8-6-13)25-20(27)11-16(21(25)17-4-3-9-31-17)22(28)29-12-19(26)23-18-10-14(2)30-24-18/h3-10,16,21H,11-12H2,1-2H3,(H,23,24,26). The fraction of sp³-hybridized carbons (Fsp3) is 0.273. The summed E-state index contributed by atoms with van der Waals surface area (Å²) < 4.78 is 10.1. The Kier molecular flexibility index (Phi) is 5.85. The van der Waals surface area contributed by atoms with E-state index in [9.17, 15) is 14.4 Å². The highest BCUT2D eigenvalue weighted by atomic mass is 32.1. The lowest BCUT2D eigenvalue weighted by atomic mass is 9.99. The van der Waals surface area contributed by atoms with E-state index < -0.39 is 30.4 Å². The van der Waals surface area contributed by atoms with Gasteiger partial charge in [0.15, 0.2) is 12.4 Å². The lowest BCUT2D eigenvalue weighted by Crippen LogP contribution is -2.31. The Morgan fingerprint density at radius 2 is 2.03 bits per heavy atom. The first-order valence-corrected chi connectivity index (χ1v) is 10.6. The van der Waals surface area contributed by atoms with Crippen molar-refractivity contribution in [1.29, 1.82) is 0 Å². The number of hydrogen-bond donors (Lipinski definition) is 1. The van der Waals surface area contributed by atoms with E-state index >= 15 is 0 Å². The maximum Gasteiger partial charge on any atom is 0.312 e. The zero-order chi connectivity index (χ0) is 22.0. The van der Waals surface area contributed by atoms with Crippen LogP contribution in [0.25, 0.3) is 0 Å². The number of carbonyl (C=O) groups excluding carboxylic acids is 3. The van der Waals surface area contributed by atoms with Gasteiger partial charge in [0.05, 0.1) is 12.0 Å². The summed E-state index contributed by atoms with van der Waals surface area (Å²) in [6.45, 7) is 3.19. The molecule has 1 aliphatic heterocycles. The number of benzene rings is 1. The van der Waals surface area contributed by atoms with Gasteiger partial charge in [0, 0.05) is 23.1 Å². The summed E-state index contributed by atoms with van der Waals surface area (Å²) >= 11 is 1.47. The molecule has 0 saturated carbocycles. The van der Waals surface area contributed by atoms with Gasteiger partial charge in [-0.1, -0.05) is 28.9 Å². The molecule has 0 aliphatic carbocycles. The monoisotopic (exact) mass is 439 g/mol. The number of anilines is 2. The molecule has 1 N–H and O–H groups in total. The first-order chi connectivity index (χ1) is 14.9. The number of aromatic nitrogens is 1. The molecule has 2 atom stereocenters. The van der Waals surface area contributed by atoms with Crippen LogP contribution in [0.4, 0.5) is 11.5 Å². The molecule has 1 fully saturated rings. The number of nitrogens with one attached hydrogen (secondary N) is 1. The molecule has 2 amide bonds. The van der Waals surface area contributed by atoms with Gasteiger partial charge in [-0.25, -0.2) is 0 Å². The van der Waals surface area contributed by atoms with Crippen molar-refractivity contribution in [1.82, 2.24) is 5.16 Å². The molecule has 8 nitrogen and oxygen atoms in total. The van der Waals surface area contributed by atoms with Crippen molar-refractivity contribution in [3.05, 3.63) is 64.0 Å². The van der Waals surface area contributed by atoms with Crippen LogP contribution in [0.1, 0.15) is 28.7 Å². The summed E-state index contributed by atoms with van der Waals surface area (Å²) in [6.07, 6.45) is 0.0133. The van der Waals surface area contributed by atoms with E-state index in [2.05, 4.69) is 10.5 Å². The summed E-state index contributed by atoms with van der Waals surface area (Å²) in [5.41, 5.74) is 1.80. The SMILES string of the molecule is Cc1ccc(N2C(=O)CC(C(=O)OCC(=O)Nc3cc(C)on3)C2c2cccs2)cc1. The van der Waals surface area contributed by atoms with Gasteiger partial charge in [-0.15, -0.1) is 11.3 Å². The Labute approximate surface area is 182 Å². The second-order valence-electron chi connectivity index (χ2n) is 7.35. The zero-order valence-corrected chi connectivity index (χ0v) is 17.8. The summed E-state index contributed by atoms with van der Waals surface area (Å²) in [7, 11) is 0. The van der Waals surface area contributed by atoms with Crippen LogP contribution in [0.2, 0.25) is 0 Å². The van der Waals surface area contributed by atoms with Gasteiger partial charge in [0.2, 0.25) is 5.91 Å². The molecule has 2 aromatic heterocycles. The fourth-order valence-electron chi connectivity index (χ4n) is 3.59. The quantitative estimate of drug-likeness (QED) is 0.589. The molecule has 31 heavy (non-hydrogen) atoms. The third-order valence-electron chi connectivity index (χ3n) is 5.01. The zero-order valence-electron chi connectivity index (χ0n) is 17.0. The van der Waals surface area contributed by atoms with E-state index in [0.717, 1.165) is 16.1 Å². The molecule has 0 spiro atoms. The molecule has 1 aliphatic rings. The molecule has 3 heterocycles. The number of thiophene rings is 1. The average Bonchev–Trinajstić information content (AvgIpc) is 3.47. The van der Waals surface area contributed by atoms with Crippen molar-refractivity contribution in [2.24, 2.45) is 5.92 Å². The molecule has 0 radical (unpaired) electrons. The Morgan fingerprint density at radius 3 is 2.68 bits per heavy atom. The lowest BCUT2D eigenvalue weighted by Gasteiger charge is -2.27. The largest absolute Gasteiger partial charge is 0.455 e. The number of amides is 2. The normalized spacial score (nSPS) is 18.3. The predicted molar refractivity (Wildman–Crippen MR) is 115 cm³/mol. The minimum Gasteiger partial charge on any atom is -0.455 e. The molecule has 9 heteroatoms. The molecule has 0 bridgehead atoms. The van der Waals surface area contributed by atoms with Gasteiger partial charge in [0.25, 0.3) is 5.91 Å². The highest BCUT2D eigenvalue weighted by Crippen LogP contribution is 2.43. The van der Waals surface area contributed by atoms with Crippen LogP contribution in [0.5, 0.6) is 0 Å². The van der Waals surface area contributed by atoms with Crippen molar-refractivity contribution >= 4 is 40.6 Å². The number of esters is 1. The first kappa shape index (κ1) is 20.8. The minimum atomic E-state index is -0.713. The van der Waals surface area contributed by atoms with Gasteiger partial charge in [-0.05, 0) is 37.4 Å². The molecule has 2 unspecified atom stereocenters. The number of hydrogen-bond acceptors (Lipinski definition) is 7. The first-order valence-electron chi connectivity index (χ1n) is 9.74. The third kappa shape index (κ3) is 4.51. The Balaban J connectivity index is 1.49. The van der Waals surface area contributed by atoms with Crippen molar-refractivity contribution in [2.75, 3.05) is 16.8 Å². The van der Waals surface area contributed by atoms with Gasteiger partial charge < -0.3 is 19.5 Å². The van der Waals surface area contributed by atoms with Crippen LogP contribution in [0, 0.1) is 19.8 Å². The van der Waals surface area contributed by atoms with Crippen molar-refractivity contribution < 1.29 is 23.6 Å². The van der Waals surface area contributed by atoms with E-state index in [-0.39, 0.29) is 18.1 Å². The molecule has 1 aromatic carbocycles. The van der Waals surface area contributed by atoms with E-state index in [0.29, 0.717) is 5.76 Å². The summed E-state index contributed by atoms with van der Waals surface area (Å²) in [5, 5.41) is 8.07. The maximum atomic E-state index is 12.9. The molecular formula is C22H21N3O5S. The Hall–Kier alpha value is -3.46. The van der Waals surface area contributed by atoms with Crippen molar-refractivity contribution in [3.8, 4) is 0 Å². The van der Waals surface area contributed by atoms with Crippen LogP contribution >= 0.6 is 11.3 Å². The Bertz CT molecular complexity index is 1090. The highest BCUT2D eigenvalue weighted by Gasteiger charge is 2.46. The second kappa shape index (κ2) is 8.73. The number of carbonyl (C=O) groups is 3. The van der Waals surface area contributed by atoms with E-state index in [1.165, 1.54) is 11.3 Å². The summed E-state index contributed by atoms with van der Waals surface area (Å²) in [6, 6.07) is 12.4. The lowest BCUT2D eigenvalue weighted by molar-refractivity contribution is -0.152. The van der Waals surface area contributed by atoms with Gasteiger partial charge in [0.1, 0.15) is 5.76 Å². The van der Waals surface area contributed by atoms with Crippen molar-refractivity contribution in [3.63, 3.8) is 0 Å². The van der Waals surface area contributed by atoms with E-state index in [1.54, 1.807) is 17.9 Å². The number of nitrogens with zero attached hydrogens (tertiary/aromatic N) is 2. The summed E-state index contributed by atoms with van der Waals surface area (Å²) in [4.78, 5) is 40.4. The molecule has 3 aromatic rings. The average molecular weight is 439 g/mol. The van der Waals surface area contributed by atoms with Crippen LogP contribution < -0.4 is 10.2 Å². The fourth-order valence-corrected chi connectivity index (χ4v) is 4.47. The van der Waals surface area contributed by atoms with Crippen LogP contribution in [-0.2, 0) is 19.1 Å². The topological polar surface area (TPSA) is 102 Å². The van der Waals surface area contributed by atoms with Gasteiger partial charge in [-0.2, -0.15) is 0 Å². The number of aryl methyl sites for hydroxylation is 2. The van der Waals surface area contributed by atoms with Gasteiger partial charge in [-0.3, -0.25) is 14.4 Å². The molecule has 1 saturated heterocycles. The highest BCUT2D eigenvalue weighted by molar-refractivity contribution is 7.10. The maximum absolute atomic E-state index is 12.9. The molecular weight excluding hydrogens is 418 g/mol. The predicted octanol–water partition coefficient (Wildman–Crippen LogP) is 3.63. The molecule has 4 rings (SSSR count). The number of rotatable bonds is 6. The van der Waals surface area contributed by atoms with Crippen molar-refractivity contribution in [2.45, 2.75) is 26.3 Å². The third-order valence-corrected chi connectivity index (χ3v) is 5.96. The van der Waals surface area contributed by atoms with Crippen LogP contribution in [-0.4, -0.2) is 29.5 Å². The summed E-state index contributed by atoms with van der Waals surface area (Å²) in [5.74, 6) is -1.20. The van der Waals surface area contributed by atoms with E-state index in [1.807, 2.05) is 48.7 Å². The van der Waals surface area contributed by atoms with E-state index in [4.69, 9.17) is 9.26 Å². The minimum absolute atomic E-state index is 0.0133. The number of ether oxygens (including phenoxy) is 1. The smallest absolute Gasteiger partial charge is 0.312 e. The van der Waals surface area contributed by atoms with Gasteiger partial charge >= 0.3 is 5.97 Å². The molecule has 160 valence electrons. The Morgan fingerprint density at radius 1 is 1.26 bits per heavy atom. The second-order valence-corrected chi connectivity index (χ2v) is 8.33. The van der Waals surface area contributed by atoms with Crippen LogP contribution in [0.15, 0.2) is 52.4 Å².